The molecule has 0 bridgehead atoms. The second-order valence-corrected chi connectivity index (χ2v) is 6.96. The lowest BCUT2D eigenvalue weighted by molar-refractivity contribution is -0.124. The van der Waals surface area contributed by atoms with Crippen LogP contribution in [0.2, 0.25) is 0 Å². The first-order chi connectivity index (χ1) is 13.2. The SMILES string of the molecule is NC(C(=O)NCc1ccc(-n2cnc3ccccc32)cc1)C1CCOCC1. The first-order valence-electron chi connectivity index (χ1n) is 9.35. The summed E-state index contributed by atoms with van der Waals surface area (Å²) < 4.78 is 7.39. The van der Waals surface area contributed by atoms with E-state index >= 15 is 0 Å². The van der Waals surface area contributed by atoms with E-state index in [2.05, 4.69) is 14.9 Å². The summed E-state index contributed by atoms with van der Waals surface area (Å²) in [5.41, 5.74) is 10.2. The number of rotatable bonds is 5. The third kappa shape index (κ3) is 3.86. The van der Waals surface area contributed by atoms with Crippen molar-refractivity contribution >= 4 is 16.9 Å². The van der Waals surface area contributed by atoms with Crippen molar-refractivity contribution in [3.05, 3.63) is 60.4 Å². The standard InChI is InChI=1S/C21H24N4O2/c22-20(16-9-11-27-12-10-16)21(26)23-13-15-5-7-17(8-6-15)25-14-24-18-3-1-2-4-19(18)25/h1-8,14,16,20H,9-13,22H2,(H,23,26). The molecule has 1 aliphatic rings. The van der Waals surface area contributed by atoms with E-state index in [1.54, 1.807) is 0 Å². The van der Waals surface area contributed by atoms with Crippen LogP contribution in [0.3, 0.4) is 0 Å². The van der Waals surface area contributed by atoms with Gasteiger partial charge in [0.2, 0.25) is 5.91 Å². The first kappa shape index (κ1) is 17.7. The second-order valence-electron chi connectivity index (χ2n) is 6.96. The number of nitrogens with two attached hydrogens (primary N) is 1. The molecule has 1 atom stereocenters. The predicted molar refractivity (Wildman–Crippen MR) is 104 cm³/mol. The quantitative estimate of drug-likeness (QED) is 0.728. The number of imidazole rings is 1. The number of carbonyl (C=O) groups excluding carboxylic acids is 1. The van der Waals surface area contributed by atoms with E-state index in [0.717, 1.165) is 35.1 Å². The fourth-order valence-electron chi connectivity index (χ4n) is 3.54. The summed E-state index contributed by atoms with van der Waals surface area (Å²) >= 11 is 0. The van der Waals surface area contributed by atoms with Crippen LogP contribution < -0.4 is 11.1 Å². The van der Waals surface area contributed by atoms with Crippen LogP contribution in [0.5, 0.6) is 0 Å². The maximum Gasteiger partial charge on any atom is 0.237 e. The van der Waals surface area contributed by atoms with E-state index in [1.807, 2.05) is 54.9 Å². The Labute approximate surface area is 158 Å². The van der Waals surface area contributed by atoms with Crippen molar-refractivity contribution in [2.45, 2.75) is 25.4 Å². The average molecular weight is 364 g/mol. The molecule has 1 fully saturated rings. The van der Waals surface area contributed by atoms with Gasteiger partial charge < -0.3 is 15.8 Å². The lowest BCUT2D eigenvalue weighted by atomic mass is 9.92. The Balaban J connectivity index is 1.38. The number of nitrogens with one attached hydrogen (secondary N) is 1. The Kier molecular flexibility index (Phi) is 5.18. The minimum absolute atomic E-state index is 0.0911. The molecule has 2 heterocycles. The van der Waals surface area contributed by atoms with Gasteiger partial charge in [0.05, 0.1) is 17.1 Å². The molecule has 0 saturated carbocycles. The van der Waals surface area contributed by atoms with Crippen LogP contribution in [0.25, 0.3) is 16.7 Å². The molecule has 3 N–H and O–H groups in total. The molecular formula is C21H24N4O2. The summed E-state index contributed by atoms with van der Waals surface area (Å²) in [6.45, 7) is 1.85. The summed E-state index contributed by atoms with van der Waals surface area (Å²) in [6.07, 6.45) is 3.53. The highest BCUT2D eigenvalue weighted by Crippen LogP contribution is 2.19. The van der Waals surface area contributed by atoms with Crippen LogP contribution in [0.1, 0.15) is 18.4 Å². The lowest BCUT2D eigenvalue weighted by Gasteiger charge is -2.26. The van der Waals surface area contributed by atoms with Crippen molar-refractivity contribution in [2.24, 2.45) is 11.7 Å². The molecule has 1 saturated heterocycles. The van der Waals surface area contributed by atoms with Gasteiger partial charge >= 0.3 is 0 Å². The van der Waals surface area contributed by atoms with E-state index < -0.39 is 6.04 Å². The van der Waals surface area contributed by atoms with Gasteiger partial charge in [-0.1, -0.05) is 24.3 Å². The number of hydrogen-bond donors (Lipinski definition) is 2. The molecule has 1 amide bonds. The summed E-state index contributed by atoms with van der Waals surface area (Å²) in [7, 11) is 0. The largest absolute Gasteiger partial charge is 0.381 e. The van der Waals surface area contributed by atoms with Crippen molar-refractivity contribution in [3.63, 3.8) is 0 Å². The number of fused-ring (bicyclic) bond motifs is 1. The van der Waals surface area contributed by atoms with Gasteiger partial charge in [0.1, 0.15) is 6.33 Å². The molecule has 140 valence electrons. The molecule has 3 aromatic rings. The molecule has 1 unspecified atom stereocenters. The number of carbonyl (C=O) groups is 1. The molecule has 1 aliphatic heterocycles. The van der Waals surface area contributed by atoms with Crippen LogP contribution in [-0.4, -0.2) is 34.7 Å². The highest BCUT2D eigenvalue weighted by molar-refractivity contribution is 5.81. The monoisotopic (exact) mass is 364 g/mol. The molecule has 6 nitrogen and oxygen atoms in total. The highest BCUT2D eigenvalue weighted by Gasteiger charge is 2.26. The van der Waals surface area contributed by atoms with Crippen molar-refractivity contribution in [2.75, 3.05) is 13.2 Å². The molecule has 1 aromatic heterocycles. The molecule has 6 heteroatoms. The number of benzene rings is 2. The topological polar surface area (TPSA) is 82.2 Å². The minimum atomic E-state index is -0.467. The van der Waals surface area contributed by atoms with Crippen LogP contribution in [-0.2, 0) is 16.1 Å². The third-order valence-corrected chi connectivity index (χ3v) is 5.21. The van der Waals surface area contributed by atoms with Crippen molar-refractivity contribution in [3.8, 4) is 5.69 Å². The molecular weight excluding hydrogens is 340 g/mol. The van der Waals surface area contributed by atoms with Gasteiger partial charge in [-0.25, -0.2) is 4.98 Å². The van der Waals surface area contributed by atoms with Crippen molar-refractivity contribution < 1.29 is 9.53 Å². The Bertz CT molecular complexity index is 913. The second kappa shape index (κ2) is 7.90. The maximum atomic E-state index is 12.3. The van der Waals surface area contributed by atoms with Gasteiger partial charge in [-0.15, -0.1) is 0 Å². The van der Waals surface area contributed by atoms with E-state index in [1.165, 1.54) is 0 Å². The number of para-hydroxylation sites is 2. The van der Waals surface area contributed by atoms with Crippen LogP contribution in [0.4, 0.5) is 0 Å². The van der Waals surface area contributed by atoms with Crippen LogP contribution in [0.15, 0.2) is 54.9 Å². The van der Waals surface area contributed by atoms with Crippen LogP contribution in [0, 0.1) is 5.92 Å². The fraction of sp³-hybridized carbons (Fsp3) is 0.333. The zero-order valence-electron chi connectivity index (χ0n) is 15.2. The zero-order valence-corrected chi connectivity index (χ0v) is 15.2. The lowest BCUT2D eigenvalue weighted by Crippen LogP contribution is -2.46. The van der Waals surface area contributed by atoms with Gasteiger partial charge in [0, 0.05) is 25.4 Å². The minimum Gasteiger partial charge on any atom is -0.381 e. The Morgan fingerprint density at radius 3 is 2.70 bits per heavy atom. The van der Waals surface area contributed by atoms with E-state index in [9.17, 15) is 4.79 Å². The van der Waals surface area contributed by atoms with Gasteiger partial charge in [-0.05, 0) is 48.6 Å². The predicted octanol–water partition coefficient (Wildman–Crippen LogP) is 2.40. The van der Waals surface area contributed by atoms with E-state index in [-0.39, 0.29) is 11.8 Å². The van der Waals surface area contributed by atoms with Gasteiger partial charge in [0.25, 0.3) is 0 Å². The van der Waals surface area contributed by atoms with Crippen molar-refractivity contribution in [1.29, 1.82) is 0 Å². The van der Waals surface area contributed by atoms with E-state index in [0.29, 0.717) is 19.8 Å². The average Bonchev–Trinajstić information content (AvgIpc) is 3.16. The molecule has 2 aromatic carbocycles. The first-order valence-corrected chi connectivity index (χ1v) is 9.35. The summed E-state index contributed by atoms with van der Waals surface area (Å²) in [5, 5.41) is 2.96. The highest BCUT2D eigenvalue weighted by atomic mass is 16.5. The molecule has 4 rings (SSSR count). The Morgan fingerprint density at radius 1 is 1.19 bits per heavy atom. The maximum absolute atomic E-state index is 12.3. The molecule has 27 heavy (non-hydrogen) atoms. The summed E-state index contributed by atoms with van der Waals surface area (Å²) in [6, 6.07) is 15.7. The number of hydrogen-bond acceptors (Lipinski definition) is 4. The number of ether oxygens (including phenoxy) is 1. The summed E-state index contributed by atoms with van der Waals surface area (Å²) in [4.78, 5) is 16.8. The molecule has 0 radical (unpaired) electrons. The number of nitrogens with zero attached hydrogens (tertiary/aromatic N) is 2. The Morgan fingerprint density at radius 2 is 1.93 bits per heavy atom. The zero-order chi connectivity index (χ0) is 18.6. The third-order valence-electron chi connectivity index (χ3n) is 5.21. The number of aromatic nitrogens is 2. The van der Waals surface area contributed by atoms with Crippen molar-refractivity contribution in [1.82, 2.24) is 14.9 Å². The fourth-order valence-corrected chi connectivity index (χ4v) is 3.54. The van der Waals surface area contributed by atoms with Crippen LogP contribution >= 0.6 is 0 Å². The molecule has 0 spiro atoms. The van der Waals surface area contributed by atoms with Gasteiger partial charge in [-0.3, -0.25) is 9.36 Å². The van der Waals surface area contributed by atoms with Gasteiger partial charge in [0.15, 0.2) is 0 Å². The normalized spacial score (nSPS) is 16.3. The van der Waals surface area contributed by atoms with Gasteiger partial charge in [-0.2, -0.15) is 0 Å². The molecule has 0 aliphatic carbocycles. The Hall–Kier alpha value is -2.70. The van der Waals surface area contributed by atoms with E-state index in [4.69, 9.17) is 10.5 Å². The summed E-state index contributed by atoms with van der Waals surface area (Å²) in [5.74, 6) is 0.113. The number of amides is 1. The smallest absolute Gasteiger partial charge is 0.237 e.